The minimum Gasteiger partial charge on any atom is -0.448 e. The number of nitrogens with zero attached hydrogens (tertiary/aromatic N) is 4. The second-order valence-corrected chi connectivity index (χ2v) is 7.78. The Morgan fingerprint density at radius 2 is 1.83 bits per heavy atom. The molecule has 30 heavy (non-hydrogen) atoms. The third-order valence-corrected chi connectivity index (χ3v) is 6.10. The number of benzene rings is 1. The fraction of sp³-hybridized carbons (Fsp3) is 0.500. The lowest BCUT2D eigenvalue weighted by atomic mass is 9.88. The van der Waals surface area contributed by atoms with E-state index in [9.17, 15) is 18.4 Å². The van der Waals surface area contributed by atoms with Crippen molar-refractivity contribution in [3.8, 4) is 11.5 Å². The smallest absolute Gasteiger partial charge is 0.410 e. The number of carbonyl (C=O) groups excluding carboxylic acids is 2. The first-order chi connectivity index (χ1) is 14.5. The van der Waals surface area contributed by atoms with Gasteiger partial charge in [-0.3, -0.25) is 9.69 Å². The van der Waals surface area contributed by atoms with Crippen molar-refractivity contribution in [2.24, 2.45) is 0 Å². The fourth-order valence-electron chi connectivity index (χ4n) is 4.69. The van der Waals surface area contributed by atoms with Crippen molar-refractivity contribution in [3.05, 3.63) is 35.2 Å². The molecule has 3 aliphatic rings. The molecule has 1 aliphatic carbocycles. The van der Waals surface area contributed by atoms with Crippen molar-refractivity contribution in [2.75, 3.05) is 13.2 Å². The molecule has 1 saturated carbocycles. The molecule has 5 rings (SSSR count). The molecular weight excluding hydrogens is 398 g/mol. The molecule has 8 nitrogen and oxygen atoms in total. The minimum absolute atomic E-state index is 0.0466. The molecule has 0 spiro atoms. The molecule has 0 bridgehead atoms. The van der Waals surface area contributed by atoms with Crippen LogP contribution in [0.4, 0.5) is 13.6 Å². The molecule has 0 N–H and O–H groups in total. The summed E-state index contributed by atoms with van der Waals surface area (Å²) in [5.41, 5.74) is 1.77. The molecule has 2 aromatic rings. The summed E-state index contributed by atoms with van der Waals surface area (Å²) < 4.78 is 35.6. The van der Waals surface area contributed by atoms with Gasteiger partial charge in [-0.05, 0) is 30.5 Å². The van der Waals surface area contributed by atoms with Crippen LogP contribution >= 0.6 is 0 Å². The molecule has 10 heteroatoms. The van der Waals surface area contributed by atoms with Crippen LogP contribution in [0.15, 0.2) is 22.6 Å². The van der Waals surface area contributed by atoms with Crippen LogP contribution in [-0.2, 0) is 11.3 Å². The molecule has 2 amide bonds. The number of fused-ring (bicyclic) bond motifs is 1. The lowest BCUT2D eigenvalue weighted by Gasteiger charge is -2.41. The van der Waals surface area contributed by atoms with Gasteiger partial charge in [0.25, 0.3) is 11.8 Å². The quantitative estimate of drug-likeness (QED) is 0.756. The highest BCUT2D eigenvalue weighted by atomic mass is 19.3. The third-order valence-electron chi connectivity index (χ3n) is 6.10. The van der Waals surface area contributed by atoms with Crippen LogP contribution in [0.1, 0.15) is 53.9 Å². The second-order valence-electron chi connectivity index (χ2n) is 7.78. The van der Waals surface area contributed by atoms with Gasteiger partial charge in [-0.15, -0.1) is 10.2 Å². The SMILES string of the molecule is O=C1OCCN1[C@@H]1CCCC[C@H]1N1Cc2ccc(-c3nnc(C(F)F)o3)cc2C1=O. The Labute approximate surface area is 170 Å². The van der Waals surface area contributed by atoms with Crippen LogP contribution < -0.4 is 0 Å². The Balaban J connectivity index is 1.41. The zero-order chi connectivity index (χ0) is 20.8. The molecule has 1 saturated heterocycles. The van der Waals surface area contributed by atoms with E-state index in [0.29, 0.717) is 30.8 Å². The first-order valence-electron chi connectivity index (χ1n) is 10.0. The molecule has 1 aromatic heterocycles. The largest absolute Gasteiger partial charge is 0.448 e. The normalized spacial score (nSPS) is 24.0. The molecule has 0 radical (unpaired) electrons. The molecule has 2 atom stereocenters. The zero-order valence-electron chi connectivity index (χ0n) is 16.1. The summed E-state index contributed by atoms with van der Waals surface area (Å²) in [6.45, 7) is 1.37. The van der Waals surface area contributed by atoms with Gasteiger partial charge in [0.05, 0.1) is 18.6 Å². The van der Waals surface area contributed by atoms with Gasteiger partial charge >= 0.3 is 12.5 Å². The number of ether oxygens (including phenoxy) is 1. The lowest BCUT2D eigenvalue weighted by molar-refractivity contribution is 0.0467. The van der Waals surface area contributed by atoms with E-state index in [4.69, 9.17) is 9.15 Å². The third kappa shape index (κ3) is 3.10. The van der Waals surface area contributed by atoms with Crippen molar-refractivity contribution < 1.29 is 27.5 Å². The van der Waals surface area contributed by atoms with Gasteiger partial charge in [0.15, 0.2) is 0 Å². The van der Waals surface area contributed by atoms with E-state index in [0.717, 1.165) is 31.2 Å². The number of hydrogen-bond acceptors (Lipinski definition) is 6. The van der Waals surface area contributed by atoms with E-state index in [1.165, 1.54) is 0 Å². The van der Waals surface area contributed by atoms with Crippen molar-refractivity contribution in [3.63, 3.8) is 0 Å². The van der Waals surface area contributed by atoms with Crippen molar-refractivity contribution in [1.82, 2.24) is 20.0 Å². The van der Waals surface area contributed by atoms with Gasteiger partial charge < -0.3 is 14.1 Å². The highest BCUT2D eigenvalue weighted by molar-refractivity contribution is 5.99. The van der Waals surface area contributed by atoms with E-state index in [1.54, 1.807) is 23.1 Å². The summed E-state index contributed by atoms with van der Waals surface area (Å²) >= 11 is 0. The van der Waals surface area contributed by atoms with Gasteiger partial charge in [-0.1, -0.05) is 18.9 Å². The molecular formula is C20H20F2N4O4. The number of amides is 2. The number of carbonyl (C=O) groups is 2. The number of alkyl halides is 2. The predicted molar refractivity (Wildman–Crippen MR) is 98.7 cm³/mol. The molecule has 2 fully saturated rings. The van der Waals surface area contributed by atoms with Gasteiger partial charge in [0, 0.05) is 17.7 Å². The monoisotopic (exact) mass is 418 g/mol. The Hall–Kier alpha value is -3.04. The fourth-order valence-corrected chi connectivity index (χ4v) is 4.69. The van der Waals surface area contributed by atoms with Crippen LogP contribution in [0.5, 0.6) is 0 Å². The maximum Gasteiger partial charge on any atom is 0.410 e. The van der Waals surface area contributed by atoms with Gasteiger partial charge in [0.1, 0.15) is 6.61 Å². The van der Waals surface area contributed by atoms with E-state index >= 15 is 0 Å². The highest BCUT2D eigenvalue weighted by Gasteiger charge is 2.43. The number of aromatic nitrogens is 2. The number of rotatable bonds is 4. The van der Waals surface area contributed by atoms with Gasteiger partial charge in [-0.25, -0.2) is 4.79 Å². The van der Waals surface area contributed by atoms with Crippen LogP contribution in [0.3, 0.4) is 0 Å². The standard InChI is InChI=1S/C20H20F2N4O4/c21-16(22)18-24-23-17(30-18)11-5-6-12-10-26(19(27)13(12)9-11)15-4-2-1-3-14(15)25-7-8-29-20(25)28/h5-6,9,14-16H,1-4,7-8,10H2/t14-,15-/m1/s1. The zero-order valence-corrected chi connectivity index (χ0v) is 16.1. The van der Waals surface area contributed by atoms with Crippen LogP contribution in [0.2, 0.25) is 0 Å². The van der Waals surface area contributed by atoms with E-state index in [2.05, 4.69) is 10.2 Å². The highest BCUT2D eigenvalue weighted by Crippen LogP contribution is 2.36. The first kappa shape index (κ1) is 19.0. The number of halogens is 2. The molecule has 0 unspecified atom stereocenters. The molecule has 1 aromatic carbocycles. The van der Waals surface area contributed by atoms with Crippen molar-refractivity contribution in [1.29, 1.82) is 0 Å². The molecule has 2 aliphatic heterocycles. The van der Waals surface area contributed by atoms with Crippen molar-refractivity contribution >= 4 is 12.0 Å². The second kappa shape index (κ2) is 7.33. The Bertz CT molecular complexity index is 995. The molecule has 158 valence electrons. The van der Waals surface area contributed by atoms with Gasteiger partial charge in [0.2, 0.25) is 5.89 Å². The summed E-state index contributed by atoms with van der Waals surface area (Å²) in [4.78, 5) is 28.9. The van der Waals surface area contributed by atoms with E-state index in [1.807, 2.05) is 4.90 Å². The minimum atomic E-state index is -2.85. The summed E-state index contributed by atoms with van der Waals surface area (Å²) in [5, 5.41) is 7.00. The van der Waals surface area contributed by atoms with Crippen LogP contribution in [0, 0.1) is 0 Å². The van der Waals surface area contributed by atoms with E-state index in [-0.39, 0.29) is 30.0 Å². The van der Waals surface area contributed by atoms with Crippen LogP contribution in [-0.4, -0.2) is 57.2 Å². The van der Waals surface area contributed by atoms with Gasteiger partial charge in [-0.2, -0.15) is 8.78 Å². The summed E-state index contributed by atoms with van der Waals surface area (Å²) in [5.74, 6) is -0.930. The first-order valence-corrected chi connectivity index (χ1v) is 10.0. The average Bonchev–Trinajstić information content (AvgIpc) is 3.47. The summed E-state index contributed by atoms with van der Waals surface area (Å²) in [7, 11) is 0. The van der Waals surface area contributed by atoms with Crippen molar-refractivity contribution in [2.45, 2.75) is 50.7 Å². The Morgan fingerprint density at radius 1 is 1.07 bits per heavy atom. The maximum absolute atomic E-state index is 13.2. The maximum atomic E-state index is 13.2. The lowest BCUT2D eigenvalue weighted by Crippen LogP contribution is -2.53. The number of hydrogen-bond donors (Lipinski definition) is 0. The Morgan fingerprint density at radius 3 is 2.50 bits per heavy atom. The average molecular weight is 418 g/mol. The van der Waals surface area contributed by atoms with E-state index < -0.39 is 12.3 Å². The number of cyclic esters (lactones) is 1. The Kier molecular flexibility index (Phi) is 4.63. The van der Waals surface area contributed by atoms with Crippen LogP contribution in [0.25, 0.3) is 11.5 Å². The summed E-state index contributed by atoms with van der Waals surface area (Å²) in [6.07, 6.45) is 0.496. The predicted octanol–water partition coefficient (Wildman–Crippen LogP) is 3.39. The molecule has 3 heterocycles. The summed E-state index contributed by atoms with van der Waals surface area (Å²) in [6, 6.07) is 4.95. The topological polar surface area (TPSA) is 88.8 Å².